The van der Waals surface area contributed by atoms with Crippen molar-refractivity contribution < 1.29 is 9.18 Å². The van der Waals surface area contributed by atoms with E-state index in [1.54, 1.807) is 12.1 Å². The topological polar surface area (TPSA) is 32.3 Å². The number of benzene rings is 1. The summed E-state index contributed by atoms with van der Waals surface area (Å²) in [6.07, 6.45) is 3.00. The molecule has 0 bridgehead atoms. The van der Waals surface area contributed by atoms with E-state index in [4.69, 9.17) is 0 Å². The van der Waals surface area contributed by atoms with Crippen LogP contribution in [0.4, 0.5) is 10.1 Å². The van der Waals surface area contributed by atoms with E-state index in [9.17, 15) is 9.18 Å². The van der Waals surface area contributed by atoms with E-state index in [0.717, 1.165) is 13.1 Å². The smallest absolute Gasteiger partial charge is 0.225 e. The van der Waals surface area contributed by atoms with Crippen LogP contribution in [-0.4, -0.2) is 29.9 Å². The molecule has 3 nitrogen and oxygen atoms in total. The monoisotopic (exact) mass is 250 g/mol. The molecule has 2 rings (SSSR count). The van der Waals surface area contributed by atoms with Gasteiger partial charge < -0.3 is 10.2 Å². The Balaban J connectivity index is 1.76. The summed E-state index contributed by atoms with van der Waals surface area (Å²) in [5.41, 5.74) is 0.649. The standard InChI is InChI=1S/C14H19FN2O/c1-2-17(13-7-8-13)10-9-14(18)16-12-5-3-11(15)4-6-12/h3-6,13H,2,7-10H2,1H3,(H,16,18). The van der Waals surface area contributed by atoms with Gasteiger partial charge in [0.15, 0.2) is 0 Å². The Labute approximate surface area is 107 Å². The van der Waals surface area contributed by atoms with Gasteiger partial charge in [0.05, 0.1) is 0 Å². The molecule has 0 aromatic heterocycles. The number of halogens is 1. The molecular weight excluding hydrogens is 231 g/mol. The first-order chi connectivity index (χ1) is 8.69. The normalized spacial score (nSPS) is 14.8. The molecule has 1 aromatic rings. The van der Waals surface area contributed by atoms with E-state index in [0.29, 0.717) is 18.2 Å². The number of anilines is 1. The van der Waals surface area contributed by atoms with E-state index >= 15 is 0 Å². The number of carbonyl (C=O) groups is 1. The predicted octanol–water partition coefficient (Wildman–Crippen LogP) is 2.64. The Morgan fingerprint density at radius 1 is 1.39 bits per heavy atom. The van der Waals surface area contributed by atoms with Crippen LogP contribution in [0.15, 0.2) is 24.3 Å². The number of nitrogens with zero attached hydrogens (tertiary/aromatic N) is 1. The highest BCUT2D eigenvalue weighted by molar-refractivity contribution is 5.90. The minimum Gasteiger partial charge on any atom is -0.326 e. The molecule has 98 valence electrons. The SMILES string of the molecule is CCN(CCC(=O)Nc1ccc(F)cc1)C1CC1. The zero-order valence-corrected chi connectivity index (χ0v) is 10.7. The third-order valence-electron chi connectivity index (χ3n) is 3.22. The van der Waals surface area contributed by atoms with Crippen molar-refractivity contribution in [2.24, 2.45) is 0 Å². The summed E-state index contributed by atoms with van der Waals surface area (Å²) in [5, 5.41) is 2.78. The van der Waals surface area contributed by atoms with Gasteiger partial charge in [-0.15, -0.1) is 0 Å². The fourth-order valence-electron chi connectivity index (χ4n) is 2.04. The van der Waals surface area contributed by atoms with Crippen LogP contribution in [0.2, 0.25) is 0 Å². The molecule has 4 heteroatoms. The molecule has 18 heavy (non-hydrogen) atoms. The second kappa shape index (κ2) is 5.96. The number of amides is 1. The summed E-state index contributed by atoms with van der Waals surface area (Å²) in [4.78, 5) is 14.1. The van der Waals surface area contributed by atoms with Crippen LogP contribution < -0.4 is 5.32 Å². The number of nitrogens with one attached hydrogen (secondary N) is 1. The maximum Gasteiger partial charge on any atom is 0.225 e. The average Bonchev–Trinajstić information content (AvgIpc) is 3.17. The third-order valence-corrected chi connectivity index (χ3v) is 3.22. The molecule has 1 saturated carbocycles. The van der Waals surface area contributed by atoms with Gasteiger partial charge in [-0.25, -0.2) is 4.39 Å². The Morgan fingerprint density at radius 3 is 2.61 bits per heavy atom. The van der Waals surface area contributed by atoms with Gasteiger partial charge in [-0.05, 0) is 43.7 Å². The lowest BCUT2D eigenvalue weighted by Crippen LogP contribution is -2.29. The van der Waals surface area contributed by atoms with Crippen molar-refractivity contribution >= 4 is 11.6 Å². The molecular formula is C14H19FN2O. The zero-order chi connectivity index (χ0) is 13.0. The summed E-state index contributed by atoms with van der Waals surface area (Å²) < 4.78 is 12.7. The van der Waals surface area contributed by atoms with Crippen LogP contribution >= 0.6 is 0 Å². The van der Waals surface area contributed by atoms with Crippen LogP contribution in [0.3, 0.4) is 0 Å². The number of rotatable bonds is 6. The fraction of sp³-hybridized carbons (Fsp3) is 0.500. The molecule has 0 atom stereocenters. The van der Waals surface area contributed by atoms with Crippen molar-refractivity contribution in [1.29, 1.82) is 0 Å². The predicted molar refractivity (Wildman–Crippen MR) is 69.9 cm³/mol. The van der Waals surface area contributed by atoms with Crippen LogP contribution in [-0.2, 0) is 4.79 Å². The lowest BCUT2D eigenvalue weighted by molar-refractivity contribution is -0.116. The number of hydrogen-bond donors (Lipinski definition) is 1. The Hall–Kier alpha value is -1.42. The summed E-state index contributed by atoms with van der Waals surface area (Å²) in [5.74, 6) is -0.306. The maximum atomic E-state index is 12.7. The highest BCUT2D eigenvalue weighted by Crippen LogP contribution is 2.26. The van der Waals surface area contributed by atoms with Gasteiger partial charge in [0.25, 0.3) is 0 Å². The first-order valence-electron chi connectivity index (χ1n) is 6.48. The van der Waals surface area contributed by atoms with Crippen molar-refractivity contribution in [3.05, 3.63) is 30.1 Å². The molecule has 0 aliphatic heterocycles. The quantitative estimate of drug-likeness (QED) is 0.841. The van der Waals surface area contributed by atoms with Crippen LogP contribution in [0.1, 0.15) is 26.2 Å². The maximum absolute atomic E-state index is 12.7. The zero-order valence-electron chi connectivity index (χ0n) is 10.7. The minimum absolute atomic E-state index is 0.0132. The Kier molecular flexibility index (Phi) is 4.31. The van der Waals surface area contributed by atoms with Gasteiger partial charge in [-0.1, -0.05) is 6.92 Å². The third kappa shape index (κ3) is 3.81. The van der Waals surface area contributed by atoms with E-state index < -0.39 is 0 Å². The highest BCUT2D eigenvalue weighted by atomic mass is 19.1. The van der Waals surface area contributed by atoms with Gasteiger partial charge >= 0.3 is 0 Å². The van der Waals surface area contributed by atoms with Crippen molar-refractivity contribution in [3.63, 3.8) is 0 Å². The molecule has 1 N–H and O–H groups in total. The van der Waals surface area contributed by atoms with Gasteiger partial charge in [-0.3, -0.25) is 4.79 Å². The van der Waals surface area contributed by atoms with E-state index in [1.807, 2.05) is 0 Å². The van der Waals surface area contributed by atoms with E-state index in [-0.39, 0.29) is 11.7 Å². The average molecular weight is 250 g/mol. The summed E-state index contributed by atoms with van der Waals surface area (Å²) in [6.45, 7) is 3.92. The second-order valence-corrected chi connectivity index (χ2v) is 4.66. The molecule has 1 aromatic carbocycles. The number of hydrogen-bond acceptors (Lipinski definition) is 2. The van der Waals surface area contributed by atoms with Crippen molar-refractivity contribution in [3.8, 4) is 0 Å². The fourth-order valence-corrected chi connectivity index (χ4v) is 2.04. The molecule has 1 amide bonds. The molecule has 0 radical (unpaired) electrons. The second-order valence-electron chi connectivity index (χ2n) is 4.66. The Morgan fingerprint density at radius 2 is 2.06 bits per heavy atom. The molecule has 0 heterocycles. The van der Waals surface area contributed by atoms with Crippen molar-refractivity contribution in [2.45, 2.75) is 32.2 Å². The van der Waals surface area contributed by atoms with E-state index in [2.05, 4.69) is 17.1 Å². The van der Waals surface area contributed by atoms with Crippen molar-refractivity contribution in [1.82, 2.24) is 4.90 Å². The lowest BCUT2D eigenvalue weighted by atomic mass is 10.3. The summed E-state index contributed by atoms with van der Waals surface area (Å²) in [7, 11) is 0. The molecule has 0 saturated heterocycles. The van der Waals surface area contributed by atoms with Gasteiger partial charge in [0.1, 0.15) is 5.82 Å². The van der Waals surface area contributed by atoms with Crippen LogP contribution in [0, 0.1) is 5.82 Å². The van der Waals surface area contributed by atoms with Crippen LogP contribution in [0.25, 0.3) is 0 Å². The largest absolute Gasteiger partial charge is 0.326 e. The minimum atomic E-state index is -0.293. The summed E-state index contributed by atoms with van der Waals surface area (Å²) in [6, 6.07) is 6.53. The Bertz CT molecular complexity index is 401. The van der Waals surface area contributed by atoms with Gasteiger partial charge in [0.2, 0.25) is 5.91 Å². The first-order valence-corrected chi connectivity index (χ1v) is 6.48. The van der Waals surface area contributed by atoms with E-state index in [1.165, 1.54) is 25.0 Å². The molecule has 1 aliphatic rings. The first kappa shape index (κ1) is 13.0. The molecule has 1 aliphatic carbocycles. The number of carbonyl (C=O) groups excluding carboxylic acids is 1. The van der Waals surface area contributed by atoms with Crippen molar-refractivity contribution in [2.75, 3.05) is 18.4 Å². The highest BCUT2D eigenvalue weighted by Gasteiger charge is 2.27. The molecule has 0 unspecified atom stereocenters. The molecule has 0 spiro atoms. The molecule has 1 fully saturated rings. The lowest BCUT2D eigenvalue weighted by Gasteiger charge is -2.19. The summed E-state index contributed by atoms with van der Waals surface area (Å²) >= 11 is 0. The van der Waals surface area contributed by atoms with Gasteiger partial charge in [-0.2, -0.15) is 0 Å². The van der Waals surface area contributed by atoms with Gasteiger partial charge in [0, 0.05) is 24.7 Å². The van der Waals surface area contributed by atoms with Crippen LogP contribution in [0.5, 0.6) is 0 Å².